The van der Waals surface area contributed by atoms with Crippen molar-refractivity contribution < 1.29 is 24.0 Å². The number of nitrogens with one attached hydrogen (secondary N) is 2. The molecule has 0 aromatic heterocycles. The molecule has 2 rings (SSSR count). The number of carbonyl (C=O) groups is 3. The van der Waals surface area contributed by atoms with E-state index in [1.165, 1.54) is 24.3 Å². The second-order valence-corrected chi connectivity index (χ2v) is 7.52. The molecule has 0 radical (unpaired) electrons. The molecule has 0 saturated heterocycles. The van der Waals surface area contributed by atoms with Gasteiger partial charge in [0.05, 0.1) is 4.92 Å². The molecule has 10 nitrogen and oxygen atoms in total. The lowest BCUT2D eigenvalue weighted by molar-refractivity contribution is -0.384. The number of nitrogens with zero attached hydrogens (tertiary/aromatic N) is 1. The zero-order chi connectivity index (χ0) is 23.7. The van der Waals surface area contributed by atoms with Crippen LogP contribution < -0.4 is 16.4 Å². The van der Waals surface area contributed by atoms with Gasteiger partial charge in [-0.1, -0.05) is 56.3 Å². The van der Waals surface area contributed by atoms with Gasteiger partial charge in [0.25, 0.3) is 5.69 Å². The monoisotopic (exact) mass is 442 g/mol. The summed E-state index contributed by atoms with van der Waals surface area (Å²) in [4.78, 5) is 47.1. The molecule has 0 bridgehead atoms. The Bertz CT molecular complexity index is 947. The minimum atomic E-state index is -1.06. The maximum atomic E-state index is 12.8. The van der Waals surface area contributed by atoms with E-state index in [2.05, 4.69) is 10.6 Å². The van der Waals surface area contributed by atoms with E-state index in [9.17, 15) is 24.5 Å². The van der Waals surface area contributed by atoms with E-state index in [4.69, 9.17) is 10.5 Å². The summed E-state index contributed by atoms with van der Waals surface area (Å²) in [5.41, 5.74) is 6.71. The minimum Gasteiger partial charge on any atom is -0.445 e. The number of alkyl carbamates (subject to hydrolysis) is 1. The highest BCUT2D eigenvalue weighted by molar-refractivity contribution is 5.91. The lowest BCUT2D eigenvalue weighted by atomic mass is 10.0. The highest BCUT2D eigenvalue weighted by atomic mass is 16.6. The number of nitro groups is 1. The van der Waals surface area contributed by atoms with Crippen molar-refractivity contribution in [2.24, 2.45) is 11.7 Å². The lowest BCUT2D eigenvalue weighted by Crippen LogP contribution is -2.55. The van der Waals surface area contributed by atoms with E-state index in [1.807, 2.05) is 18.2 Å². The minimum absolute atomic E-state index is 0.0440. The molecule has 4 N–H and O–H groups in total. The number of hydrogen-bond donors (Lipinski definition) is 3. The summed E-state index contributed by atoms with van der Waals surface area (Å²) in [6, 6.07) is 12.6. The average molecular weight is 442 g/mol. The number of carbonyl (C=O) groups excluding carboxylic acids is 3. The van der Waals surface area contributed by atoms with Gasteiger partial charge in [-0.25, -0.2) is 4.79 Å². The molecule has 0 aliphatic rings. The van der Waals surface area contributed by atoms with Gasteiger partial charge < -0.3 is 21.1 Å². The molecule has 170 valence electrons. The van der Waals surface area contributed by atoms with E-state index < -0.39 is 34.9 Å². The third-order valence-corrected chi connectivity index (χ3v) is 4.68. The maximum absolute atomic E-state index is 12.8. The third kappa shape index (κ3) is 7.38. The van der Waals surface area contributed by atoms with E-state index >= 15 is 0 Å². The fourth-order valence-corrected chi connectivity index (χ4v) is 2.90. The fourth-order valence-electron chi connectivity index (χ4n) is 2.90. The first kappa shape index (κ1) is 24.3. The Hall–Kier alpha value is -3.95. The molecule has 0 aliphatic carbocycles. The molecule has 0 heterocycles. The molecule has 0 fully saturated rings. The first-order chi connectivity index (χ1) is 15.2. The van der Waals surface area contributed by atoms with Crippen LogP contribution in [-0.4, -0.2) is 34.9 Å². The quantitative estimate of drug-likeness (QED) is 0.378. The Labute approximate surface area is 185 Å². The smallest absolute Gasteiger partial charge is 0.408 e. The van der Waals surface area contributed by atoms with Gasteiger partial charge in [0.15, 0.2) is 0 Å². The number of ether oxygens (including phenoxy) is 1. The second-order valence-electron chi connectivity index (χ2n) is 7.52. The van der Waals surface area contributed by atoms with Crippen LogP contribution in [0, 0.1) is 16.0 Å². The summed E-state index contributed by atoms with van der Waals surface area (Å²) in [7, 11) is 0. The third-order valence-electron chi connectivity index (χ3n) is 4.68. The van der Waals surface area contributed by atoms with Gasteiger partial charge in [0.1, 0.15) is 18.7 Å². The molecule has 3 amide bonds. The van der Waals surface area contributed by atoms with Crippen LogP contribution >= 0.6 is 0 Å². The van der Waals surface area contributed by atoms with Gasteiger partial charge in [-0.3, -0.25) is 19.7 Å². The topological polar surface area (TPSA) is 154 Å². The number of rotatable bonds is 10. The number of nitro benzene ring substituents is 1. The standard InChI is InChI=1S/C22H26N4O6/c1-14(2)19(25-22(29)32-13-16-6-4-3-5-7-16)21(28)24-18(20(23)27)12-15-8-10-17(11-9-15)26(30)31/h3-11,14,18-19H,12-13H2,1-2H3,(H2,23,27)(H,24,28)(H,25,29)/t18-,19-/m1/s1. The van der Waals surface area contributed by atoms with Gasteiger partial charge in [-0.2, -0.15) is 0 Å². The SMILES string of the molecule is CC(C)[C@@H](NC(=O)OCc1ccccc1)C(=O)N[C@H](Cc1ccc([N+](=O)[O-])cc1)C(N)=O. The van der Waals surface area contributed by atoms with Gasteiger partial charge in [-0.15, -0.1) is 0 Å². The first-order valence-corrected chi connectivity index (χ1v) is 9.97. The zero-order valence-electron chi connectivity index (χ0n) is 17.8. The second kappa shape index (κ2) is 11.4. The molecule has 2 atom stereocenters. The van der Waals surface area contributed by atoms with Crippen LogP contribution in [0.25, 0.3) is 0 Å². The largest absolute Gasteiger partial charge is 0.445 e. The molecule has 0 unspecified atom stereocenters. The lowest BCUT2D eigenvalue weighted by Gasteiger charge is -2.24. The van der Waals surface area contributed by atoms with Crippen molar-refractivity contribution in [2.45, 2.75) is 39.0 Å². The van der Waals surface area contributed by atoms with Crippen molar-refractivity contribution in [3.05, 3.63) is 75.8 Å². The maximum Gasteiger partial charge on any atom is 0.408 e. The normalized spacial score (nSPS) is 12.5. The van der Waals surface area contributed by atoms with Crippen LogP contribution in [0.2, 0.25) is 0 Å². The molecule has 0 spiro atoms. The summed E-state index contributed by atoms with van der Waals surface area (Å²) in [5.74, 6) is -1.67. The van der Waals surface area contributed by atoms with Crippen molar-refractivity contribution >= 4 is 23.6 Å². The number of hydrogen-bond acceptors (Lipinski definition) is 6. The number of primary amides is 1. The van der Waals surface area contributed by atoms with Crippen LogP contribution in [0.1, 0.15) is 25.0 Å². The molecular weight excluding hydrogens is 416 g/mol. The van der Waals surface area contributed by atoms with Crippen LogP contribution in [0.3, 0.4) is 0 Å². The summed E-state index contributed by atoms with van der Waals surface area (Å²) < 4.78 is 5.16. The van der Waals surface area contributed by atoms with Gasteiger partial charge in [0, 0.05) is 18.6 Å². The van der Waals surface area contributed by atoms with Gasteiger partial charge in [-0.05, 0) is 17.0 Å². The number of amides is 3. The Morgan fingerprint density at radius 2 is 1.62 bits per heavy atom. The highest BCUT2D eigenvalue weighted by Crippen LogP contribution is 2.13. The number of nitrogens with two attached hydrogens (primary N) is 1. The number of benzene rings is 2. The average Bonchev–Trinajstić information content (AvgIpc) is 2.76. The van der Waals surface area contributed by atoms with Crippen molar-refractivity contribution in [2.75, 3.05) is 0 Å². The molecule has 32 heavy (non-hydrogen) atoms. The van der Waals surface area contributed by atoms with Crippen molar-refractivity contribution in [3.8, 4) is 0 Å². The molecular formula is C22H26N4O6. The Kier molecular flexibility index (Phi) is 8.70. The summed E-state index contributed by atoms with van der Waals surface area (Å²) in [6.45, 7) is 3.51. The Morgan fingerprint density at radius 1 is 1.00 bits per heavy atom. The molecule has 0 saturated carbocycles. The van der Waals surface area contributed by atoms with Gasteiger partial charge in [0.2, 0.25) is 11.8 Å². The van der Waals surface area contributed by atoms with Crippen molar-refractivity contribution in [1.29, 1.82) is 0 Å². The van der Waals surface area contributed by atoms with Crippen LogP contribution in [0.4, 0.5) is 10.5 Å². The predicted molar refractivity (Wildman–Crippen MR) is 116 cm³/mol. The highest BCUT2D eigenvalue weighted by Gasteiger charge is 2.28. The molecule has 2 aromatic rings. The van der Waals surface area contributed by atoms with Gasteiger partial charge >= 0.3 is 6.09 Å². The Balaban J connectivity index is 1.99. The summed E-state index contributed by atoms with van der Waals surface area (Å²) in [5, 5.41) is 15.8. The van der Waals surface area contributed by atoms with E-state index in [0.29, 0.717) is 5.56 Å². The van der Waals surface area contributed by atoms with Crippen LogP contribution in [0.15, 0.2) is 54.6 Å². The molecule has 2 aromatic carbocycles. The predicted octanol–water partition coefficient (Wildman–Crippen LogP) is 2.06. The fraction of sp³-hybridized carbons (Fsp3) is 0.318. The molecule has 10 heteroatoms. The van der Waals surface area contributed by atoms with Crippen molar-refractivity contribution in [1.82, 2.24) is 10.6 Å². The first-order valence-electron chi connectivity index (χ1n) is 9.97. The zero-order valence-corrected chi connectivity index (χ0v) is 17.8. The van der Waals surface area contributed by atoms with E-state index in [1.54, 1.807) is 26.0 Å². The molecule has 0 aliphatic heterocycles. The Morgan fingerprint density at radius 3 is 2.16 bits per heavy atom. The van der Waals surface area contributed by atoms with Crippen LogP contribution in [-0.2, 0) is 27.4 Å². The van der Waals surface area contributed by atoms with Crippen molar-refractivity contribution in [3.63, 3.8) is 0 Å². The van der Waals surface area contributed by atoms with Crippen LogP contribution in [0.5, 0.6) is 0 Å². The van der Waals surface area contributed by atoms with E-state index in [0.717, 1.165) is 5.56 Å². The summed E-state index contributed by atoms with van der Waals surface area (Å²) >= 11 is 0. The van der Waals surface area contributed by atoms with E-state index in [-0.39, 0.29) is 24.6 Å². The summed E-state index contributed by atoms with van der Waals surface area (Å²) in [6.07, 6.45) is -0.726. The number of non-ortho nitro benzene ring substituents is 1.